The summed E-state index contributed by atoms with van der Waals surface area (Å²) < 4.78 is 21.8. The minimum absolute atomic E-state index is 0.0588. The van der Waals surface area contributed by atoms with Gasteiger partial charge in [-0.05, 0) is 49.2 Å². The van der Waals surface area contributed by atoms with Crippen molar-refractivity contribution in [3.63, 3.8) is 0 Å². The van der Waals surface area contributed by atoms with E-state index in [0.717, 1.165) is 22.2 Å². The minimum Gasteiger partial charge on any atom is -0.497 e. The predicted molar refractivity (Wildman–Crippen MR) is 111 cm³/mol. The molecule has 0 unspecified atom stereocenters. The molecule has 0 saturated heterocycles. The second kappa shape index (κ2) is 9.73. The number of hydrogen-bond acceptors (Lipinski definition) is 5. The number of aromatic amines is 1. The molecule has 0 fully saturated rings. The number of aromatic nitrogens is 1. The van der Waals surface area contributed by atoms with Crippen LogP contribution in [0.5, 0.6) is 23.0 Å². The Labute approximate surface area is 169 Å². The predicted octanol–water partition coefficient (Wildman–Crippen LogP) is 3.32. The molecule has 0 bridgehead atoms. The van der Waals surface area contributed by atoms with Gasteiger partial charge in [0.1, 0.15) is 11.5 Å². The van der Waals surface area contributed by atoms with E-state index in [1.54, 1.807) is 20.4 Å². The van der Waals surface area contributed by atoms with E-state index in [9.17, 15) is 4.79 Å². The van der Waals surface area contributed by atoms with E-state index < -0.39 is 0 Å². The van der Waals surface area contributed by atoms with Crippen LogP contribution in [-0.4, -0.2) is 44.9 Å². The van der Waals surface area contributed by atoms with Crippen molar-refractivity contribution in [2.45, 2.75) is 13.3 Å². The maximum Gasteiger partial charge on any atom is 0.257 e. The van der Waals surface area contributed by atoms with Gasteiger partial charge in [-0.2, -0.15) is 0 Å². The van der Waals surface area contributed by atoms with Crippen LogP contribution in [0, 0.1) is 0 Å². The van der Waals surface area contributed by atoms with Gasteiger partial charge in [0.2, 0.25) is 0 Å². The molecule has 2 aromatic carbocycles. The Morgan fingerprint density at radius 1 is 1.00 bits per heavy atom. The summed E-state index contributed by atoms with van der Waals surface area (Å²) in [7, 11) is 3.23. The van der Waals surface area contributed by atoms with Crippen LogP contribution in [-0.2, 0) is 11.2 Å². The third kappa shape index (κ3) is 5.13. The highest BCUT2D eigenvalue weighted by molar-refractivity contribution is 5.88. The molecule has 0 atom stereocenters. The maximum absolute atomic E-state index is 12.1. The number of benzene rings is 2. The lowest BCUT2D eigenvalue weighted by Gasteiger charge is -2.11. The summed E-state index contributed by atoms with van der Waals surface area (Å²) in [4.78, 5) is 15.3. The van der Waals surface area contributed by atoms with E-state index in [1.807, 2.05) is 43.3 Å². The number of hydrogen-bond donors (Lipinski definition) is 2. The number of ether oxygens (including phenoxy) is 4. The molecule has 154 valence electrons. The molecule has 1 amide bonds. The van der Waals surface area contributed by atoms with Crippen molar-refractivity contribution in [1.29, 1.82) is 0 Å². The number of fused-ring (bicyclic) bond motifs is 1. The molecule has 2 N–H and O–H groups in total. The van der Waals surface area contributed by atoms with E-state index >= 15 is 0 Å². The first kappa shape index (κ1) is 20.4. The topological polar surface area (TPSA) is 81.8 Å². The Morgan fingerprint density at radius 2 is 1.86 bits per heavy atom. The summed E-state index contributed by atoms with van der Waals surface area (Å²) in [6, 6.07) is 11.4. The summed E-state index contributed by atoms with van der Waals surface area (Å²) in [5, 5.41) is 3.74. The fraction of sp³-hybridized carbons (Fsp3) is 0.318. The smallest absolute Gasteiger partial charge is 0.257 e. The van der Waals surface area contributed by atoms with Crippen LogP contribution in [0.3, 0.4) is 0 Å². The normalized spacial score (nSPS) is 10.6. The molecule has 0 saturated carbocycles. The Balaban J connectivity index is 1.49. The Morgan fingerprint density at radius 3 is 2.62 bits per heavy atom. The Bertz CT molecular complexity index is 967. The highest BCUT2D eigenvalue weighted by atomic mass is 16.5. The van der Waals surface area contributed by atoms with E-state index in [-0.39, 0.29) is 12.5 Å². The van der Waals surface area contributed by atoms with Gasteiger partial charge >= 0.3 is 0 Å². The fourth-order valence-corrected chi connectivity index (χ4v) is 3.00. The lowest BCUT2D eigenvalue weighted by molar-refractivity contribution is -0.123. The van der Waals surface area contributed by atoms with Gasteiger partial charge in [-0.3, -0.25) is 4.79 Å². The first-order valence-electron chi connectivity index (χ1n) is 9.49. The van der Waals surface area contributed by atoms with Crippen LogP contribution < -0.4 is 24.3 Å². The molecule has 1 heterocycles. The molecule has 0 aliphatic rings. The average Bonchev–Trinajstić information content (AvgIpc) is 3.15. The summed E-state index contributed by atoms with van der Waals surface area (Å²) in [6.45, 7) is 2.95. The summed E-state index contributed by atoms with van der Waals surface area (Å²) in [6.07, 6.45) is 2.42. The summed E-state index contributed by atoms with van der Waals surface area (Å²) in [5.74, 6) is 2.57. The van der Waals surface area contributed by atoms with E-state index in [1.165, 1.54) is 0 Å². The van der Waals surface area contributed by atoms with Gasteiger partial charge in [0.05, 0.1) is 20.8 Å². The second-order valence-corrected chi connectivity index (χ2v) is 6.37. The standard InChI is InChI=1S/C22H26N2O5/c1-4-28-19-8-5-15(11-20(19)27-3)9-10-23-22(25)14-29-21-13-24-18-7-6-16(26-2)12-17(18)21/h5-8,11-13,24H,4,9-10,14H2,1-3H3,(H,23,25). The van der Waals surface area contributed by atoms with Crippen LogP contribution in [0.25, 0.3) is 10.9 Å². The molecule has 1 aromatic heterocycles. The van der Waals surface area contributed by atoms with Crippen molar-refractivity contribution >= 4 is 16.8 Å². The van der Waals surface area contributed by atoms with Gasteiger partial charge in [0.25, 0.3) is 5.91 Å². The first-order valence-corrected chi connectivity index (χ1v) is 9.49. The van der Waals surface area contributed by atoms with Crippen LogP contribution >= 0.6 is 0 Å². The lowest BCUT2D eigenvalue weighted by atomic mass is 10.1. The van der Waals surface area contributed by atoms with Gasteiger partial charge in [-0.25, -0.2) is 0 Å². The Hall–Kier alpha value is -3.35. The highest BCUT2D eigenvalue weighted by Gasteiger charge is 2.09. The number of carbonyl (C=O) groups excluding carboxylic acids is 1. The van der Waals surface area contributed by atoms with Crippen LogP contribution in [0.1, 0.15) is 12.5 Å². The zero-order chi connectivity index (χ0) is 20.6. The number of amides is 1. The molecule has 7 heteroatoms. The van der Waals surface area contributed by atoms with Crippen molar-refractivity contribution < 1.29 is 23.7 Å². The average molecular weight is 398 g/mol. The zero-order valence-electron chi connectivity index (χ0n) is 16.9. The molecule has 3 rings (SSSR count). The molecule has 7 nitrogen and oxygen atoms in total. The van der Waals surface area contributed by atoms with Gasteiger partial charge in [-0.15, -0.1) is 0 Å². The lowest BCUT2D eigenvalue weighted by Crippen LogP contribution is -2.30. The zero-order valence-corrected chi connectivity index (χ0v) is 16.9. The number of H-pyrrole nitrogens is 1. The van der Waals surface area contributed by atoms with Crippen LogP contribution in [0.4, 0.5) is 0 Å². The molecular weight excluding hydrogens is 372 g/mol. The van der Waals surface area contributed by atoms with Crippen LogP contribution in [0.15, 0.2) is 42.6 Å². The largest absolute Gasteiger partial charge is 0.497 e. The first-order chi connectivity index (χ1) is 14.1. The van der Waals surface area contributed by atoms with E-state index in [0.29, 0.717) is 36.8 Å². The summed E-state index contributed by atoms with van der Waals surface area (Å²) >= 11 is 0. The number of nitrogens with one attached hydrogen (secondary N) is 2. The number of carbonyl (C=O) groups is 1. The quantitative estimate of drug-likeness (QED) is 0.548. The SMILES string of the molecule is CCOc1ccc(CCNC(=O)COc2c[nH]c3ccc(OC)cc23)cc1OC. The minimum atomic E-state index is -0.180. The van der Waals surface area contributed by atoms with Crippen molar-refractivity contribution in [3.8, 4) is 23.0 Å². The van der Waals surface area contributed by atoms with Gasteiger partial charge < -0.3 is 29.2 Å². The molecule has 0 radical (unpaired) electrons. The van der Waals surface area contributed by atoms with Gasteiger partial charge in [-0.1, -0.05) is 6.07 Å². The van der Waals surface area contributed by atoms with Gasteiger partial charge in [0, 0.05) is 23.6 Å². The van der Waals surface area contributed by atoms with Crippen molar-refractivity contribution in [3.05, 3.63) is 48.2 Å². The molecule has 29 heavy (non-hydrogen) atoms. The van der Waals surface area contributed by atoms with Crippen LogP contribution in [0.2, 0.25) is 0 Å². The molecule has 0 aliphatic carbocycles. The van der Waals surface area contributed by atoms with Crippen molar-refractivity contribution in [2.75, 3.05) is 34.0 Å². The Kier molecular flexibility index (Phi) is 6.84. The third-order valence-corrected chi connectivity index (χ3v) is 4.47. The molecule has 0 spiro atoms. The number of rotatable bonds is 10. The fourth-order valence-electron chi connectivity index (χ4n) is 3.00. The highest BCUT2D eigenvalue weighted by Crippen LogP contribution is 2.29. The van der Waals surface area contributed by atoms with Crippen molar-refractivity contribution in [1.82, 2.24) is 10.3 Å². The molecule has 3 aromatic rings. The summed E-state index contributed by atoms with van der Waals surface area (Å²) in [5.41, 5.74) is 1.97. The van der Waals surface area contributed by atoms with Gasteiger partial charge in [0.15, 0.2) is 18.1 Å². The molecule has 0 aliphatic heterocycles. The molecular formula is C22H26N2O5. The third-order valence-electron chi connectivity index (χ3n) is 4.47. The van der Waals surface area contributed by atoms with E-state index in [4.69, 9.17) is 18.9 Å². The number of methoxy groups -OCH3 is 2. The van der Waals surface area contributed by atoms with E-state index in [2.05, 4.69) is 10.3 Å². The second-order valence-electron chi connectivity index (χ2n) is 6.37. The maximum atomic E-state index is 12.1. The van der Waals surface area contributed by atoms with Crippen molar-refractivity contribution in [2.24, 2.45) is 0 Å². The monoisotopic (exact) mass is 398 g/mol.